The van der Waals surface area contributed by atoms with E-state index in [9.17, 15) is 4.79 Å². The van der Waals surface area contributed by atoms with Gasteiger partial charge in [0.15, 0.2) is 0 Å². The Bertz CT molecular complexity index is 559. The van der Waals surface area contributed by atoms with Crippen LogP contribution >= 0.6 is 11.8 Å². The number of ether oxygens (including phenoxy) is 1. The number of aliphatic imine (C=N–C) groups is 1. The molecule has 4 nitrogen and oxygen atoms in total. The van der Waals surface area contributed by atoms with Gasteiger partial charge in [-0.2, -0.15) is 0 Å². The third kappa shape index (κ3) is 3.15. The summed E-state index contributed by atoms with van der Waals surface area (Å²) in [7, 11) is 0. The number of nitrogens with zero attached hydrogens (tertiary/aromatic N) is 2. The Kier molecular flexibility index (Phi) is 5.05. The van der Waals surface area contributed by atoms with Gasteiger partial charge in [-0.25, -0.2) is 0 Å². The molecule has 1 aliphatic rings. The summed E-state index contributed by atoms with van der Waals surface area (Å²) in [6, 6.07) is 3.69. The zero-order valence-electron chi connectivity index (χ0n) is 12.5. The maximum absolute atomic E-state index is 12.1. The van der Waals surface area contributed by atoms with Crippen molar-refractivity contribution in [3.63, 3.8) is 0 Å². The van der Waals surface area contributed by atoms with E-state index in [0.717, 1.165) is 30.0 Å². The van der Waals surface area contributed by atoms with Crippen LogP contribution in [0.5, 0.6) is 0 Å². The molecular formula is C15H22N2O2S. The minimum Gasteiger partial charge on any atom is -0.379 e. The van der Waals surface area contributed by atoms with Crippen molar-refractivity contribution < 1.29 is 4.74 Å². The predicted molar refractivity (Wildman–Crippen MR) is 85.1 cm³/mol. The summed E-state index contributed by atoms with van der Waals surface area (Å²) in [5, 5.41) is 0.226. The Morgan fingerprint density at radius 3 is 2.90 bits per heavy atom. The van der Waals surface area contributed by atoms with Crippen molar-refractivity contribution in [3.05, 3.63) is 33.7 Å². The molecule has 0 aliphatic carbocycles. The molecule has 1 aromatic rings. The Hall–Kier alpha value is -1.07. The van der Waals surface area contributed by atoms with Crippen LogP contribution in [-0.4, -0.2) is 35.1 Å². The molecule has 0 N–H and O–H groups in total. The van der Waals surface area contributed by atoms with E-state index in [1.54, 1.807) is 17.8 Å². The fourth-order valence-corrected chi connectivity index (χ4v) is 2.87. The van der Waals surface area contributed by atoms with Gasteiger partial charge in [0.2, 0.25) is 0 Å². The van der Waals surface area contributed by atoms with Gasteiger partial charge in [-0.15, -0.1) is 11.8 Å². The fraction of sp³-hybridized carbons (Fsp3) is 0.600. The minimum atomic E-state index is 0.0486. The van der Waals surface area contributed by atoms with Gasteiger partial charge in [0.1, 0.15) is 0 Å². The average Bonchev–Trinajstić information content (AvgIpc) is 2.92. The Labute approximate surface area is 124 Å². The van der Waals surface area contributed by atoms with Gasteiger partial charge in [-0.1, -0.05) is 0 Å². The van der Waals surface area contributed by atoms with E-state index in [4.69, 9.17) is 4.74 Å². The third-order valence-electron chi connectivity index (χ3n) is 3.76. The van der Waals surface area contributed by atoms with Gasteiger partial charge < -0.3 is 9.30 Å². The Balaban J connectivity index is 2.43. The first kappa shape index (κ1) is 15.3. The number of pyridine rings is 1. The second kappa shape index (κ2) is 6.59. The van der Waals surface area contributed by atoms with Crippen LogP contribution in [0.25, 0.3) is 0 Å². The van der Waals surface area contributed by atoms with E-state index >= 15 is 0 Å². The lowest BCUT2D eigenvalue weighted by Gasteiger charge is -2.18. The molecular weight excluding hydrogens is 272 g/mol. The summed E-state index contributed by atoms with van der Waals surface area (Å²) in [5.41, 5.74) is 3.07. The van der Waals surface area contributed by atoms with E-state index in [1.165, 1.54) is 0 Å². The van der Waals surface area contributed by atoms with Crippen molar-refractivity contribution in [2.24, 2.45) is 4.99 Å². The van der Waals surface area contributed by atoms with Gasteiger partial charge in [-0.05, 0) is 39.5 Å². The van der Waals surface area contributed by atoms with E-state index in [2.05, 4.69) is 11.9 Å². The molecule has 0 bridgehead atoms. The molecule has 0 spiro atoms. The fourth-order valence-electron chi connectivity index (χ4n) is 2.61. The molecule has 2 unspecified atom stereocenters. The normalized spacial score (nSPS) is 21.2. The summed E-state index contributed by atoms with van der Waals surface area (Å²) >= 11 is 1.71. The maximum atomic E-state index is 12.1. The van der Waals surface area contributed by atoms with Crippen molar-refractivity contribution >= 4 is 17.5 Å². The van der Waals surface area contributed by atoms with Gasteiger partial charge in [0.05, 0.1) is 18.0 Å². The smallest absolute Gasteiger partial charge is 0.251 e. The second-order valence-electron chi connectivity index (χ2n) is 5.11. The average molecular weight is 294 g/mol. The molecule has 0 radical (unpaired) electrons. The molecule has 1 fully saturated rings. The monoisotopic (exact) mass is 294 g/mol. The Morgan fingerprint density at radius 2 is 2.30 bits per heavy atom. The molecule has 0 saturated carbocycles. The van der Waals surface area contributed by atoms with Crippen LogP contribution < -0.4 is 5.56 Å². The van der Waals surface area contributed by atoms with Crippen molar-refractivity contribution in [2.45, 2.75) is 38.6 Å². The summed E-state index contributed by atoms with van der Waals surface area (Å²) in [6.45, 7) is 7.44. The van der Waals surface area contributed by atoms with Crippen LogP contribution in [-0.2, 0) is 4.74 Å². The lowest BCUT2D eigenvalue weighted by atomic mass is 10.1. The molecule has 1 aromatic heterocycles. The molecule has 110 valence electrons. The number of hydrogen-bond acceptors (Lipinski definition) is 4. The highest BCUT2D eigenvalue weighted by Gasteiger charge is 2.21. The van der Waals surface area contributed by atoms with Crippen molar-refractivity contribution in [1.29, 1.82) is 0 Å². The van der Waals surface area contributed by atoms with Crippen molar-refractivity contribution in [3.8, 4) is 0 Å². The highest BCUT2D eigenvalue weighted by atomic mass is 32.2. The first-order chi connectivity index (χ1) is 9.54. The molecule has 0 amide bonds. The maximum Gasteiger partial charge on any atom is 0.251 e. The van der Waals surface area contributed by atoms with Crippen LogP contribution in [0.3, 0.4) is 0 Å². The molecule has 2 heterocycles. The van der Waals surface area contributed by atoms with Gasteiger partial charge in [-0.3, -0.25) is 9.79 Å². The Morgan fingerprint density at radius 1 is 1.55 bits per heavy atom. The SMILES string of the molecule is CSC(C)/N=C(/C)c1ccc(=O)n(C2CCOC2)c1C. The summed E-state index contributed by atoms with van der Waals surface area (Å²) < 4.78 is 7.28. The molecule has 2 atom stereocenters. The van der Waals surface area contributed by atoms with Gasteiger partial charge in [0, 0.05) is 29.6 Å². The van der Waals surface area contributed by atoms with E-state index in [0.29, 0.717) is 6.61 Å². The van der Waals surface area contributed by atoms with Crippen LogP contribution in [0.1, 0.15) is 37.6 Å². The summed E-state index contributed by atoms with van der Waals surface area (Å²) in [5.74, 6) is 0. The molecule has 1 saturated heterocycles. The lowest BCUT2D eigenvalue weighted by Crippen LogP contribution is -2.28. The highest BCUT2D eigenvalue weighted by Crippen LogP contribution is 2.21. The van der Waals surface area contributed by atoms with Gasteiger partial charge in [0.25, 0.3) is 5.56 Å². The standard InChI is InChI=1S/C15H22N2O2S/c1-10(16-12(3)20-4)14-5-6-15(18)17(11(14)2)13-7-8-19-9-13/h5-6,12-13H,7-9H2,1-4H3/b16-10-. The first-order valence-electron chi connectivity index (χ1n) is 6.92. The van der Waals surface area contributed by atoms with E-state index in [-0.39, 0.29) is 17.0 Å². The number of thioether (sulfide) groups is 1. The van der Waals surface area contributed by atoms with Crippen LogP contribution in [0, 0.1) is 6.92 Å². The van der Waals surface area contributed by atoms with E-state index < -0.39 is 0 Å². The molecule has 1 aliphatic heterocycles. The molecule has 20 heavy (non-hydrogen) atoms. The molecule has 5 heteroatoms. The molecule has 0 aromatic carbocycles. The number of hydrogen-bond donors (Lipinski definition) is 0. The van der Waals surface area contributed by atoms with Crippen LogP contribution in [0.4, 0.5) is 0 Å². The number of aromatic nitrogens is 1. The highest BCUT2D eigenvalue weighted by molar-refractivity contribution is 7.99. The van der Waals surface area contributed by atoms with Crippen molar-refractivity contribution in [2.75, 3.05) is 19.5 Å². The lowest BCUT2D eigenvalue weighted by molar-refractivity contribution is 0.185. The van der Waals surface area contributed by atoms with Crippen molar-refractivity contribution in [1.82, 2.24) is 4.57 Å². The second-order valence-corrected chi connectivity index (χ2v) is 6.26. The zero-order valence-corrected chi connectivity index (χ0v) is 13.4. The largest absolute Gasteiger partial charge is 0.379 e. The minimum absolute atomic E-state index is 0.0486. The zero-order chi connectivity index (χ0) is 14.7. The third-order valence-corrected chi connectivity index (χ3v) is 4.55. The topological polar surface area (TPSA) is 43.6 Å². The predicted octanol–water partition coefficient (Wildman–Crippen LogP) is 2.64. The molecule has 2 rings (SSSR count). The number of rotatable bonds is 4. The van der Waals surface area contributed by atoms with E-state index in [1.807, 2.05) is 30.7 Å². The van der Waals surface area contributed by atoms with Gasteiger partial charge >= 0.3 is 0 Å². The van der Waals surface area contributed by atoms with Crippen LogP contribution in [0.2, 0.25) is 0 Å². The quantitative estimate of drug-likeness (QED) is 0.802. The summed E-state index contributed by atoms with van der Waals surface area (Å²) in [4.78, 5) is 16.8. The summed E-state index contributed by atoms with van der Waals surface area (Å²) in [6.07, 6.45) is 2.95. The van der Waals surface area contributed by atoms with Crippen LogP contribution in [0.15, 0.2) is 21.9 Å². The first-order valence-corrected chi connectivity index (χ1v) is 8.21.